The van der Waals surface area contributed by atoms with E-state index in [1.807, 2.05) is 0 Å². The van der Waals surface area contributed by atoms with E-state index in [2.05, 4.69) is 17.9 Å². The van der Waals surface area contributed by atoms with Crippen molar-refractivity contribution in [1.82, 2.24) is 5.32 Å². The van der Waals surface area contributed by atoms with Crippen molar-refractivity contribution in [3.8, 4) is 0 Å². The largest absolute Gasteiger partial charge is 0.480 e. The first-order chi connectivity index (χ1) is 8.62. The lowest BCUT2D eigenvalue weighted by molar-refractivity contribution is -0.139. The number of carboxylic acids is 1. The average Bonchev–Trinajstić information content (AvgIpc) is 2.23. The number of carbonyl (C=O) groups excluding carboxylic acids is 1. The van der Waals surface area contributed by atoms with E-state index < -0.39 is 22.7 Å². The van der Waals surface area contributed by atoms with Crippen LogP contribution in [0.2, 0.25) is 10.0 Å². The first kappa shape index (κ1) is 16.1. The van der Waals surface area contributed by atoms with Crippen molar-refractivity contribution >= 4 is 47.7 Å². The van der Waals surface area contributed by atoms with Gasteiger partial charge in [0.2, 0.25) is 0 Å². The van der Waals surface area contributed by atoms with Crippen molar-refractivity contribution in [3.05, 3.63) is 33.8 Å². The van der Waals surface area contributed by atoms with Crippen LogP contribution in [-0.4, -0.2) is 27.8 Å². The quantitative estimate of drug-likeness (QED) is 0.747. The first-order valence-electron chi connectivity index (χ1n) is 5.34. The molecule has 0 saturated heterocycles. The van der Waals surface area contributed by atoms with Gasteiger partial charge in [0.25, 0.3) is 5.91 Å². The zero-order valence-electron chi connectivity index (χ0n) is 10.3. The van der Waals surface area contributed by atoms with E-state index in [1.165, 1.54) is 18.2 Å². The second-order valence-electron chi connectivity index (χ2n) is 4.52. The molecular formula is C12H13Cl2NO3S. The van der Waals surface area contributed by atoms with Gasteiger partial charge < -0.3 is 10.4 Å². The minimum absolute atomic E-state index is 0.158. The predicted octanol–water partition coefficient (Wildman–Crippen LogP) is 2.88. The molecule has 0 aromatic heterocycles. The van der Waals surface area contributed by atoms with Crippen molar-refractivity contribution in [3.63, 3.8) is 0 Å². The Kier molecular flexibility index (Phi) is 5.12. The average molecular weight is 322 g/mol. The fraction of sp³-hybridized carbons (Fsp3) is 0.333. The number of benzene rings is 1. The zero-order valence-corrected chi connectivity index (χ0v) is 12.7. The van der Waals surface area contributed by atoms with Gasteiger partial charge in [-0.25, -0.2) is 4.79 Å². The fourth-order valence-electron chi connectivity index (χ4n) is 1.42. The molecule has 1 aromatic carbocycles. The maximum atomic E-state index is 12.0. The third-order valence-corrected chi connectivity index (χ3v) is 3.21. The number of rotatable bonds is 4. The summed E-state index contributed by atoms with van der Waals surface area (Å²) >= 11 is 15.8. The molecule has 1 rings (SSSR count). The number of thiol groups is 1. The highest BCUT2D eigenvalue weighted by molar-refractivity contribution is 7.81. The minimum atomic E-state index is -1.17. The second kappa shape index (κ2) is 6.03. The number of carboxylic acid groups (broad SMARTS) is 1. The number of halogens is 2. The lowest BCUT2D eigenvalue weighted by atomic mass is 10.0. The Morgan fingerprint density at radius 1 is 1.37 bits per heavy atom. The summed E-state index contributed by atoms with van der Waals surface area (Å²) in [7, 11) is 0. The van der Waals surface area contributed by atoms with Crippen LogP contribution >= 0.6 is 35.8 Å². The van der Waals surface area contributed by atoms with Crippen molar-refractivity contribution in [2.45, 2.75) is 24.6 Å². The lowest BCUT2D eigenvalue weighted by Crippen LogP contribution is -2.51. The topological polar surface area (TPSA) is 66.4 Å². The summed E-state index contributed by atoms with van der Waals surface area (Å²) < 4.78 is -0.916. The molecule has 19 heavy (non-hydrogen) atoms. The summed E-state index contributed by atoms with van der Waals surface area (Å²) in [4.78, 5) is 23.1. The van der Waals surface area contributed by atoms with Gasteiger partial charge in [0.05, 0.1) is 10.6 Å². The molecule has 1 atom stereocenters. The van der Waals surface area contributed by atoms with Crippen molar-refractivity contribution in [2.75, 3.05) is 0 Å². The van der Waals surface area contributed by atoms with Gasteiger partial charge in [0.15, 0.2) is 0 Å². The van der Waals surface area contributed by atoms with Crippen LogP contribution in [0, 0.1) is 0 Å². The Morgan fingerprint density at radius 2 is 1.95 bits per heavy atom. The van der Waals surface area contributed by atoms with Crippen LogP contribution < -0.4 is 5.32 Å². The summed E-state index contributed by atoms with van der Waals surface area (Å²) in [6, 6.07) is 3.21. The van der Waals surface area contributed by atoms with E-state index >= 15 is 0 Å². The monoisotopic (exact) mass is 321 g/mol. The van der Waals surface area contributed by atoms with Crippen LogP contribution in [0.25, 0.3) is 0 Å². The van der Waals surface area contributed by atoms with Gasteiger partial charge in [0, 0.05) is 9.77 Å². The smallest absolute Gasteiger partial charge is 0.327 e. The Labute approximate surface area is 126 Å². The summed E-state index contributed by atoms with van der Waals surface area (Å²) in [6.07, 6.45) is 0. The molecule has 7 heteroatoms. The molecular weight excluding hydrogens is 309 g/mol. The molecule has 0 heterocycles. The SMILES string of the molecule is CC(C)(S)C(NC(=O)c1ccc(Cl)cc1Cl)C(=O)O. The highest BCUT2D eigenvalue weighted by Crippen LogP contribution is 2.22. The normalized spacial score (nSPS) is 12.9. The summed E-state index contributed by atoms with van der Waals surface area (Å²) in [6.45, 7) is 3.19. The van der Waals surface area contributed by atoms with E-state index in [0.717, 1.165) is 0 Å². The summed E-state index contributed by atoms with van der Waals surface area (Å²) in [5.41, 5.74) is 0.162. The number of amides is 1. The molecule has 1 aromatic rings. The maximum absolute atomic E-state index is 12.0. The molecule has 0 radical (unpaired) electrons. The third-order valence-electron chi connectivity index (χ3n) is 2.40. The van der Waals surface area contributed by atoms with E-state index in [9.17, 15) is 9.59 Å². The van der Waals surface area contributed by atoms with Crippen molar-refractivity contribution in [2.24, 2.45) is 0 Å². The molecule has 0 spiro atoms. The molecule has 0 bridgehead atoms. The minimum Gasteiger partial charge on any atom is -0.480 e. The molecule has 2 N–H and O–H groups in total. The Hall–Kier alpha value is -0.910. The molecule has 0 aliphatic heterocycles. The number of nitrogens with one attached hydrogen (secondary N) is 1. The molecule has 1 amide bonds. The maximum Gasteiger partial charge on any atom is 0.327 e. The zero-order chi connectivity index (χ0) is 14.8. The predicted molar refractivity (Wildman–Crippen MR) is 78.4 cm³/mol. The van der Waals surface area contributed by atoms with Gasteiger partial charge in [-0.3, -0.25) is 4.79 Å². The third kappa shape index (κ3) is 4.30. The van der Waals surface area contributed by atoms with Gasteiger partial charge in [-0.05, 0) is 32.0 Å². The molecule has 104 valence electrons. The van der Waals surface area contributed by atoms with Gasteiger partial charge >= 0.3 is 5.97 Å². The molecule has 1 unspecified atom stereocenters. The van der Waals surface area contributed by atoms with Crippen LogP contribution in [0.15, 0.2) is 18.2 Å². The Bertz CT molecular complexity index is 514. The molecule has 4 nitrogen and oxygen atoms in total. The summed E-state index contributed by atoms with van der Waals surface area (Å²) in [5, 5.41) is 12.0. The van der Waals surface area contributed by atoms with E-state index in [0.29, 0.717) is 5.02 Å². The Balaban J connectivity index is 2.98. The number of hydrogen-bond donors (Lipinski definition) is 3. The fourth-order valence-corrected chi connectivity index (χ4v) is 2.09. The van der Waals surface area contributed by atoms with E-state index in [1.54, 1.807) is 13.8 Å². The first-order valence-corrected chi connectivity index (χ1v) is 6.54. The van der Waals surface area contributed by atoms with E-state index in [4.69, 9.17) is 28.3 Å². The highest BCUT2D eigenvalue weighted by Gasteiger charge is 2.34. The Morgan fingerprint density at radius 3 is 2.37 bits per heavy atom. The van der Waals surface area contributed by atoms with Crippen molar-refractivity contribution in [1.29, 1.82) is 0 Å². The van der Waals surface area contributed by atoms with Crippen LogP contribution in [-0.2, 0) is 4.79 Å². The summed E-state index contributed by atoms with van der Waals surface area (Å²) in [5.74, 6) is -1.75. The standard InChI is InChI=1S/C12H13Cl2NO3S/c1-12(2,19)9(11(17)18)15-10(16)7-4-3-6(13)5-8(7)14/h3-5,9,19H,1-2H3,(H,15,16)(H,17,18). The van der Waals surface area contributed by atoms with Crippen LogP contribution in [0.5, 0.6) is 0 Å². The molecule has 0 fully saturated rings. The van der Waals surface area contributed by atoms with Gasteiger partial charge in [-0.2, -0.15) is 12.6 Å². The number of aliphatic carboxylic acids is 1. The number of carbonyl (C=O) groups is 2. The van der Waals surface area contributed by atoms with Crippen molar-refractivity contribution < 1.29 is 14.7 Å². The van der Waals surface area contributed by atoms with E-state index in [-0.39, 0.29) is 10.6 Å². The molecule has 0 aliphatic carbocycles. The van der Waals surface area contributed by atoms with Crippen LogP contribution in [0.4, 0.5) is 0 Å². The van der Waals surface area contributed by atoms with Crippen LogP contribution in [0.3, 0.4) is 0 Å². The van der Waals surface area contributed by atoms with Gasteiger partial charge in [-0.15, -0.1) is 0 Å². The molecule has 0 saturated carbocycles. The highest BCUT2D eigenvalue weighted by atomic mass is 35.5. The lowest BCUT2D eigenvalue weighted by Gasteiger charge is -2.27. The number of hydrogen-bond acceptors (Lipinski definition) is 3. The van der Waals surface area contributed by atoms with Crippen LogP contribution in [0.1, 0.15) is 24.2 Å². The second-order valence-corrected chi connectivity index (χ2v) is 6.52. The van der Waals surface area contributed by atoms with Gasteiger partial charge in [-0.1, -0.05) is 23.2 Å². The molecule has 0 aliphatic rings. The van der Waals surface area contributed by atoms with Gasteiger partial charge in [0.1, 0.15) is 6.04 Å².